The number of anilines is 1. The Morgan fingerprint density at radius 3 is 2.45 bits per heavy atom. The number of ether oxygens (including phenoxy) is 1. The van der Waals surface area contributed by atoms with Gasteiger partial charge in [0.15, 0.2) is 0 Å². The summed E-state index contributed by atoms with van der Waals surface area (Å²) in [5.74, 6) is -1.05. The molecule has 0 saturated carbocycles. The first kappa shape index (κ1) is 31.8. The fraction of sp³-hybridized carbons (Fsp3) is 0.148. The molecular formula is C27H22Cl2N3NaO6S. The molecule has 4 rings (SSSR count). The van der Waals surface area contributed by atoms with Crippen LogP contribution in [0.5, 0.6) is 11.5 Å². The number of halogens is 2. The van der Waals surface area contributed by atoms with E-state index in [9.17, 15) is 22.9 Å². The molecule has 0 aliphatic heterocycles. The van der Waals surface area contributed by atoms with E-state index in [0.717, 1.165) is 6.07 Å². The number of hydrogen-bond acceptors (Lipinski definition) is 7. The number of amides is 1. The first-order valence-corrected chi connectivity index (χ1v) is 13.9. The normalized spacial score (nSPS) is 11.4. The van der Waals surface area contributed by atoms with Gasteiger partial charge < -0.3 is 15.2 Å². The first-order chi connectivity index (χ1) is 18.5. The number of benzene rings is 4. The van der Waals surface area contributed by atoms with Gasteiger partial charge in [-0.3, -0.25) is 9.35 Å². The van der Waals surface area contributed by atoms with Crippen molar-refractivity contribution in [3.8, 4) is 11.5 Å². The summed E-state index contributed by atoms with van der Waals surface area (Å²) in [6.45, 7) is 3.88. The average molecular weight is 610 g/mol. The van der Waals surface area contributed by atoms with Crippen molar-refractivity contribution >= 4 is 67.1 Å². The zero-order valence-corrected chi connectivity index (χ0v) is 26.1. The maximum atomic E-state index is 13.5. The van der Waals surface area contributed by atoms with E-state index in [1.807, 2.05) is 0 Å². The molecule has 0 aromatic heterocycles. The molecule has 0 heterocycles. The summed E-state index contributed by atoms with van der Waals surface area (Å²) >= 11 is 12.5. The number of nitrogens with zero attached hydrogens (tertiary/aromatic N) is 2. The zero-order chi connectivity index (χ0) is 28.3. The van der Waals surface area contributed by atoms with Crippen LogP contribution in [0, 0.1) is 0 Å². The second-order valence-corrected chi connectivity index (χ2v) is 10.5. The molecule has 13 heteroatoms. The van der Waals surface area contributed by atoms with E-state index in [1.165, 1.54) is 18.2 Å². The van der Waals surface area contributed by atoms with Crippen molar-refractivity contribution < 1.29 is 57.2 Å². The molecule has 0 spiro atoms. The summed E-state index contributed by atoms with van der Waals surface area (Å²) < 4.78 is 38.6. The molecular weight excluding hydrogens is 588 g/mol. The predicted molar refractivity (Wildman–Crippen MR) is 149 cm³/mol. The van der Waals surface area contributed by atoms with Crippen LogP contribution in [0.1, 0.15) is 29.8 Å². The summed E-state index contributed by atoms with van der Waals surface area (Å²) in [4.78, 5) is 12.9. The Morgan fingerprint density at radius 1 is 1.05 bits per heavy atom. The Hall–Kier alpha value is -2.70. The second-order valence-electron chi connectivity index (χ2n) is 8.29. The standard InChI is InChI=1S/C27H23Cl2N3O6S.Na/c1-3-15-11-18(39(35,36)37)14-22(24(15)29)31-32-25-19-8-6-5-7-16(19)12-20(26(25)33)27(34)30-21-13-17(28)9-10-23(21)38-4-2;/h5-14,33H,3-4H2,1-2H3,(H,30,34)(H,35,36,37);/q;+1/p-1. The van der Waals surface area contributed by atoms with Crippen LogP contribution in [0.3, 0.4) is 0 Å². The molecule has 0 aliphatic rings. The van der Waals surface area contributed by atoms with Crippen molar-refractivity contribution in [3.63, 3.8) is 0 Å². The van der Waals surface area contributed by atoms with E-state index in [-0.39, 0.29) is 57.2 Å². The van der Waals surface area contributed by atoms with E-state index in [0.29, 0.717) is 40.1 Å². The Morgan fingerprint density at radius 2 is 1.77 bits per heavy atom. The van der Waals surface area contributed by atoms with Gasteiger partial charge in [-0.1, -0.05) is 60.1 Å². The van der Waals surface area contributed by atoms with Crippen molar-refractivity contribution in [1.82, 2.24) is 0 Å². The molecule has 4 aromatic rings. The number of hydrogen-bond donors (Lipinski definition) is 2. The second kappa shape index (κ2) is 13.3. The molecule has 40 heavy (non-hydrogen) atoms. The monoisotopic (exact) mass is 609 g/mol. The topological polar surface area (TPSA) is 140 Å². The van der Waals surface area contributed by atoms with Gasteiger partial charge in [-0.2, -0.15) is 13.5 Å². The number of azo groups is 1. The number of rotatable bonds is 8. The van der Waals surface area contributed by atoms with Crippen molar-refractivity contribution in [2.24, 2.45) is 10.2 Å². The van der Waals surface area contributed by atoms with E-state index >= 15 is 0 Å². The number of carbonyl (C=O) groups excluding carboxylic acids is 1. The van der Waals surface area contributed by atoms with E-state index < -0.39 is 26.7 Å². The smallest absolute Gasteiger partial charge is 0.870 e. The van der Waals surface area contributed by atoms with E-state index in [4.69, 9.17) is 27.9 Å². The molecule has 2 N–H and O–H groups in total. The van der Waals surface area contributed by atoms with Gasteiger partial charge in [-0.15, -0.1) is 5.11 Å². The molecule has 0 aliphatic carbocycles. The number of nitrogens with one attached hydrogen (secondary N) is 1. The van der Waals surface area contributed by atoms with E-state index in [1.54, 1.807) is 50.2 Å². The summed E-state index contributed by atoms with van der Waals surface area (Å²) in [6, 6.07) is 15.2. The van der Waals surface area contributed by atoms with Crippen LogP contribution < -0.4 is 44.7 Å². The summed E-state index contributed by atoms with van der Waals surface area (Å²) in [7, 11) is -4.55. The van der Waals surface area contributed by atoms with Gasteiger partial charge in [-0.05, 0) is 60.7 Å². The average Bonchev–Trinajstić information content (AvgIpc) is 2.89. The molecule has 0 fully saturated rings. The molecule has 0 radical (unpaired) electrons. The van der Waals surface area contributed by atoms with E-state index in [2.05, 4.69) is 15.5 Å². The molecule has 0 unspecified atom stereocenters. The first-order valence-electron chi connectivity index (χ1n) is 11.7. The minimum absolute atomic E-state index is 0. The Bertz CT molecular complexity index is 1730. The molecule has 0 atom stereocenters. The quantitative estimate of drug-likeness (QED) is 0.175. The third-order valence-corrected chi connectivity index (χ3v) is 7.25. The van der Waals surface area contributed by atoms with Gasteiger partial charge in [-0.25, -0.2) is 0 Å². The van der Waals surface area contributed by atoms with Crippen LogP contribution in [0.2, 0.25) is 10.0 Å². The Balaban J connectivity index is 0.00000441. The third-order valence-electron chi connectivity index (χ3n) is 5.75. The van der Waals surface area contributed by atoms with Gasteiger partial charge in [0, 0.05) is 16.0 Å². The number of aryl methyl sites for hydroxylation is 1. The minimum Gasteiger partial charge on any atom is -0.870 e. The molecule has 9 nitrogen and oxygen atoms in total. The molecule has 1 amide bonds. The number of carbonyl (C=O) groups is 1. The number of fused-ring (bicyclic) bond motifs is 1. The van der Waals surface area contributed by atoms with Crippen LogP contribution in [0.4, 0.5) is 17.1 Å². The van der Waals surface area contributed by atoms with Gasteiger partial charge in [0.1, 0.15) is 11.4 Å². The molecule has 0 bridgehead atoms. The zero-order valence-electron chi connectivity index (χ0n) is 21.7. The van der Waals surface area contributed by atoms with Crippen LogP contribution in [-0.2, 0) is 16.5 Å². The summed E-state index contributed by atoms with van der Waals surface area (Å²) in [5.41, 5.74) is 0.263. The molecule has 4 aromatic carbocycles. The van der Waals surface area contributed by atoms with Crippen molar-refractivity contribution in [3.05, 3.63) is 81.8 Å². The maximum absolute atomic E-state index is 13.5. The Labute approximate surface area is 263 Å². The fourth-order valence-corrected chi connectivity index (χ4v) is 4.87. The SMILES string of the molecule is CCOc1ccc(Cl)cc1NC(=O)c1cc2ccccc2c(N=Nc2cc(S(=O)(=O)O)cc(CC)c2Cl)c1[O-].[Na+]. The molecule has 202 valence electrons. The van der Waals surface area contributed by atoms with Gasteiger partial charge >= 0.3 is 29.6 Å². The van der Waals surface area contributed by atoms with Crippen LogP contribution >= 0.6 is 23.2 Å². The molecule has 0 saturated heterocycles. The van der Waals surface area contributed by atoms with Crippen LogP contribution in [0.25, 0.3) is 10.8 Å². The van der Waals surface area contributed by atoms with Crippen molar-refractivity contribution in [1.29, 1.82) is 0 Å². The summed E-state index contributed by atoms with van der Waals surface area (Å²) in [5, 5.41) is 25.8. The van der Waals surface area contributed by atoms with Gasteiger partial charge in [0.05, 0.1) is 27.9 Å². The minimum atomic E-state index is -4.55. The third kappa shape index (κ3) is 6.95. The summed E-state index contributed by atoms with van der Waals surface area (Å²) in [6.07, 6.45) is 0.351. The fourth-order valence-electron chi connectivity index (χ4n) is 3.87. The van der Waals surface area contributed by atoms with Crippen LogP contribution in [0.15, 0.2) is 75.8 Å². The van der Waals surface area contributed by atoms with Crippen LogP contribution in [-0.4, -0.2) is 25.5 Å². The van der Waals surface area contributed by atoms with Crippen molar-refractivity contribution in [2.75, 3.05) is 11.9 Å². The maximum Gasteiger partial charge on any atom is 1.00 e. The largest absolute Gasteiger partial charge is 1.00 e. The van der Waals surface area contributed by atoms with Gasteiger partial charge in [0.2, 0.25) is 0 Å². The predicted octanol–water partition coefficient (Wildman–Crippen LogP) is 4.10. The van der Waals surface area contributed by atoms with Crippen molar-refractivity contribution in [2.45, 2.75) is 25.2 Å². The van der Waals surface area contributed by atoms with Gasteiger partial charge in [0.25, 0.3) is 16.0 Å². The Kier molecular flexibility index (Phi) is 10.6.